The van der Waals surface area contributed by atoms with Crippen LogP contribution in [0.4, 0.5) is 4.39 Å². The molecule has 0 bridgehead atoms. The first kappa shape index (κ1) is 15.0. The highest BCUT2D eigenvalue weighted by Crippen LogP contribution is 2.20. The van der Waals surface area contributed by atoms with Crippen molar-refractivity contribution in [3.05, 3.63) is 35.1 Å². The van der Waals surface area contributed by atoms with E-state index in [-0.39, 0.29) is 19.0 Å². The van der Waals surface area contributed by atoms with Gasteiger partial charge in [0.2, 0.25) is 0 Å². The van der Waals surface area contributed by atoms with E-state index in [1.165, 1.54) is 12.1 Å². The molecule has 2 rings (SSSR count). The Morgan fingerprint density at radius 1 is 1.35 bits per heavy atom. The van der Waals surface area contributed by atoms with Crippen molar-refractivity contribution in [1.82, 2.24) is 4.90 Å². The van der Waals surface area contributed by atoms with Crippen molar-refractivity contribution < 1.29 is 14.6 Å². The monoisotopic (exact) mass is 277 g/mol. The van der Waals surface area contributed by atoms with Gasteiger partial charge in [0.1, 0.15) is 5.82 Å². The number of aliphatic hydroxyl groups excluding tert-OH is 2. The molecule has 0 spiro atoms. The lowest BCUT2D eigenvalue weighted by molar-refractivity contribution is 0.220. The third kappa shape index (κ3) is 4.04. The Balaban J connectivity index is 2.09. The Morgan fingerprint density at radius 3 is 2.90 bits per heavy atom. The number of nitrogens with zero attached hydrogens (tertiary/aromatic N) is 1. The maximum absolute atomic E-state index is 13.3. The van der Waals surface area contributed by atoms with Crippen LogP contribution in [0.5, 0.6) is 0 Å². The van der Waals surface area contributed by atoms with Crippen molar-refractivity contribution in [2.45, 2.75) is 19.4 Å². The fourth-order valence-electron chi connectivity index (χ4n) is 2.46. The number of likely N-dealkylation sites (tertiary alicyclic amines) is 1. The molecule has 0 radical (unpaired) electrons. The zero-order valence-corrected chi connectivity index (χ0v) is 11.5. The molecule has 1 aliphatic heterocycles. The van der Waals surface area contributed by atoms with Crippen molar-refractivity contribution in [2.24, 2.45) is 5.92 Å². The molecule has 3 nitrogen and oxygen atoms in total. The van der Waals surface area contributed by atoms with Gasteiger partial charge >= 0.3 is 0 Å². The molecule has 1 fully saturated rings. The highest BCUT2D eigenvalue weighted by Gasteiger charge is 2.22. The summed E-state index contributed by atoms with van der Waals surface area (Å²) in [7, 11) is 0. The van der Waals surface area contributed by atoms with Gasteiger partial charge in [-0.15, -0.1) is 0 Å². The Morgan fingerprint density at radius 2 is 2.20 bits per heavy atom. The fraction of sp³-hybridized carbons (Fsp3) is 0.500. The van der Waals surface area contributed by atoms with Crippen molar-refractivity contribution >= 4 is 0 Å². The normalized spacial score (nSPS) is 18.9. The van der Waals surface area contributed by atoms with Gasteiger partial charge in [-0.25, -0.2) is 4.39 Å². The number of hydrogen-bond acceptors (Lipinski definition) is 3. The third-order valence-electron chi connectivity index (χ3n) is 3.55. The van der Waals surface area contributed by atoms with Crippen molar-refractivity contribution in [3.63, 3.8) is 0 Å². The first-order valence-electron chi connectivity index (χ1n) is 6.94. The molecule has 20 heavy (non-hydrogen) atoms. The van der Waals surface area contributed by atoms with Crippen LogP contribution in [-0.2, 0) is 6.54 Å². The zero-order chi connectivity index (χ0) is 14.4. The number of halogens is 1. The summed E-state index contributed by atoms with van der Waals surface area (Å²) >= 11 is 0. The van der Waals surface area contributed by atoms with Gasteiger partial charge < -0.3 is 10.2 Å². The minimum Gasteiger partial charge on any atom is -0.396 e. The second-order valence-electron chi connectivity index (χ2n) is 5.15. The maximum atomic E-state index is 13.3. The lowest BCUT2D eigenvalue weighted by atomic mass is 10.1. The molecule has 1 aromatic rings. The van der Waals surface area contributed by atoms with Crippen LogP contribution < -0.4 is 0 Å². The quantitative estimate of drug-likeness (QED) is 0.817. The second-order valence-corrected chi connectivity index (χ2v) is 5.15. The van der Waals surface area contributed by atoms with Gasteiger partial charge in [-0.3, -0.25) is 4.90 Å². The largest absolute Gasteiger partial charge is 0.396 e. The minimum atomic E-state index is -0.295. The lowest BCUT2D eigenvalue weighted by Crippen LogP contribution is -2.21. The summed E-state index contributed by atoms with van der Waals surface area (Å²) in [4.78, 5) is 2.26. The van der Waals surface area contributed by atoms with Crippen LogP contribution in [0.1, 0.15) is 24.0 Å². The molecule has 1 atom stereocenters. The van der Waals surface area contributed by atoms with Gasteiger partial charge in [-0.05, 0) is 36.6 Å². The summed E-state index contributed by atoms with van der Waals surface area (Å²) in [5.41, 5.74) is 1.68. The molecule has 4 heteroatoms. The fourth-order valence-corrected chi connectivity index (χ4v) is 2.46. The van der Waals surface area contributed by atoms with Gasteiger partial charge in [0, 0.05) is 31.7 Å². The maximum Gasteiger partial charge on any atom is 0.124 e. The summed E-state index contributed by atoms with van der Waals surface area (Å²) in [5.74, 6) is 5.82. The Kier molecular flexibility index (Phi) is 5.54. The van der Waals surface area contributed by atoms with E-state index in [2.05, 4.69) is 16.7 Å². The van der Waals surface area contributed by atoms with Crippen LogP contribution in [-0.4, -0.2) is 41.4 Å². The summed E-state index contributed by atoms with van der Waals surface area (Å²) in [5, 5.41) is 17.9. The van der Waals surface area contributed by atoms with Crippen LogP contribution in [0, 0.1) is 23.6 Å². The molecule has 1 unspecified atom stereocenters. The number of aliphatic hydroxyl groups is 2. The van der Waals surface area contributed by atoms with Crippen molar-refractivity contribution in [3.8, 4) is 11.8 Å². The van der Waals surface area contributed by atoms with Gasteiger partial charge in [0.15, 0.2) is 0 Å². The van der Waals surface area contributed by atoms with Crippen LogP contribution in [0.15, 0.2) is 18.2 Å². The van der Waals surface area contributed by atoms with Crippen LogP contribution in [0.3, 0.4) is 0 Å². The molecule has 2 N–H and O–H groups in total. The van der Waals surface area contributed by atoms with Crippen LogP contribution in [0.2, 0.25) is 0 Å². The molecule has 0 amide bonds. The van der Waals surface area contributed by atoms with E-state index in [0.717, 1.165) is 31.6 Å². The Labute approximate surface area is 119 Å². The highest BCUT2D eigenvalue weighted by atomic mass is 19.1. The molecular formula is C16H20FNO2. The van der Waals surface area contributed by atoms with E-state index in [0.29, 0.717) is 17.9 Å². The Bertz CT molecular complexity index is 507. The summed E-state index contributed by atoms with van der Waals surface area (Å²) in [6.45, 7) is 2.79. The lowest BCUT2D eigenvalue weighted by Gasteiger charge is -2.16. The third-order valence-corrected chi connectivity index (χ3v) is 3.55. The smallest absolute Gasteiger partial charge is 0.124 e. The van der Waals surface area contributed by atoms with Crippen LogP contribution in [0.25, 0.3) is 0 Å². The number of hydrogen-bond donors (Lipinski definition) is 2. The highest BCUT2D eigenvalue weighted by molar-refractivity contribution is 5.41. The molecule has 108 valence electrons. The number of benzene rings is 1. The average Bonchev–Trinajstić information content (AvgIpc) is 2.90. The van der Waals surface area contributed by atoms with Crippen molar-refractivity contribution in [2.75, 3.05) is 26.3 Å². The minimum absolute atomic E-state index is 0.0158. The number of rotatable bonds is 4. The summed E-state index contributed by atoms with van der Waals surface area (Å²) in [6, 6.07) is 4.66. The molecule has 0 saturated carbocycles. The first-order chi connectivity index (χ1) is 9.72. The standard InChI is InChI=1S/C16H20FNO2/c17-16-5-4-15(14(9-16)3-1-2-8-19)11-18-7-6-13(10-18)12-20/h4-5,9,13,19-20H,2,6-8,10-12H2. The molecule has 1 saturated heterocycles. The van der Waals surface area contributed by atoms with Gasteiger partial charge in [-0.1, -0.05) is 17.9 Å². The van der Waals surface area contributed by atoms with E-state index in [1.54, 1.807) is 6.07 Å². The predicted octanol–water partition coefficient (Wildman–Crippen LogP) is 1.37. The molecule has 0 aromatic heterocycles. The first-order valence-corrected chi connectivity index (χ1v) is 6.94. The average molecular weight is 277 g/mol. The SMILES string of the molecule is OCCC#Cc1cc(F)ccc1CN1CCC(CO)C1. The zero-order valence-electron chi connectivity index (χ0n) is 11.5. The Hall–Kier alpha value is -1.41. The van der Waals surface area contributed by atoms with E-state index in [4.69, 9.17) is 10.2 Å². The van der Waals surface area contributed by atoms with E-state index in [9.17, 15) is 4.39 Å². The van der Waals surface area contributed by atoms with E-state index < -0.39 is 0 Å². The van der Waals surface area contributed by atoms with Gasteiger partial charge in [0.25, 0.3) is 0 Å². The summed E-state index contributed by atoms with van der Waals surface area (Å²) in [6.07, 6.45) is 1.40. The van der Waals surface area contributed by atoms with Gasteiger partial charge in [-0.2, -0.15) is 0 Å². The molecule has 0 aliphatic carbocycles. The molecule has 1 aliphatic rings. The molecule has 1 heterocycles. The topological polar surface area (TPSA) is 43.7 Å². The predicted molar refractivity (Wildman–Crippen MR) is 75.5 cm³/mol. The molecular weight excluding hydrogens is 257 g/mol. The van der Waals surface area contributed by atoms with E-state index >= 15 is 0 Å². The summed E-state index contributed by atoms with van der Waals surface area (Å²) < 4.78 is 13.3. The van der Waals surface area contributed by atoms with Gasteiger partial charge in [0.05, 0.1) is 6.61 Å². The second kappa shape index (κ2) is 7.39. The van der Waals surface area contributed by atoms with E-state index in [1.807, 2.05) is 0 Å². The molecule has 1 aromatic carbocycles. The van der Waals surface area contributed by atoms with Crippen LogP contribution >= 0.6 is 0 Å². The van der Waals surface area contributed by atoms with Crippen molar-refractivity contribution in [1.29, 1.82) is 0 Å².